The maximum absolute atomic E-state index is 9.37. The van der Waals surface area contributed by atoms with Crippen molar-refractivity contribution in [1.29, 1.82) is 0 Å². The average molecular weight is 512 g/mol. The first-order valence-corrected chi connectivity index (χ1v) is 10.7. The fraction of sp³-hybridized carbons (Fsp3) is 0.478. The van der Waals surface area contributed by atoms with Crippen molar-refractivity contribution < 1.29 is 53.6 Å². The second-order valence-corrected chi connectivity index (χ2v) is 7.07. The van der Waals surface area contributed by atoms with Gasteiger partial charge in [-0.1, -0.05) is 7.43 Å². The standard InChI is InChI=1S/C13H21BO6.C9H13BO5.CH4/c1-5-19-9(2)20-8-10-6-11(17-3)13(14(15)16)12(7-10)18-4;1-14-7-3-6(5-11)4-8(15-2)9(7)10(12)13;/h6-7,9,15-16H,5,8H2,1-4H3;3-4,11-13H,5H2,1-2H3;1H4. The Morgan fingerprint density at radius 1 is 0.694 bits per heavy atom. The molecule has 13 heteroatoms. The minimum Gasteiger partial charge on any atom is -0.497 e. The summed E-state index contributed by atoms with van der Waals surface area (Å²) in [5, 5.41) is 46.0. The molecule has 0 aromatic heterocycles. The Morgan fingerprint density at radius 2 is 1.06 bits per heavy atom. The van der Waals surface area contributed by atoms with Gasteiger partial charge >= 0.3 is 14.2 Å². The molecule has 0 heterocycles. The molecular weight excluding hydrogens is 474 g/mol. The summed E-state index contributed by atoms with van der Waals surface area (Å²) in [5.41, 5.74) is 1.71. The summed E-state index contributed by atoms with van der Waals surface area (Å²) in [5.74, 6) is 1.21. The summed E-state index contributed by atoms with van der Waals surface area (Å²) in [6, 6.07) is 6.40. The Balaban J connectivity index is 0.000000687. The van der Waals surface area contributed by atoms with E-state index < -0.39 is 14.2 Å². The van der Waals surface area contributed by atoms with Gasteiger partial charge in [-0.3, -0.25) is 0 Å². The smallest absolute Gasteiger partial charge is 0.496 e. The first-order chi connectivity index (χ1) is 16.7. The third-order valence-electron chi connectivity index (χ3n) is 4.79. The first kappa shape index (κ1) is 33.5. The Labute approximate surface area is 213 Å². The van der Waals surface area contributed by atoms with Crippen LogP contribution < -0.4 is 29.9 Å². The number of methoxy groups -OCH3 is 4. The number of benzene rings is 2. The molecule has 202 valence electrons. The van der Waals surface area contributed by atoms with E-state index in [0.717, 1.165) is 5.56 Å². The van der Waals surface area contributed by atoms with Gasteiger partial charge in [-0.05, 0) is 49.2 Å². The van der Waals surface area contributed by atoms with Gasteiger partial charge < -0.3 is 53.6 Å². The molecule has 0 amide bonds. The Kier molecular flexibility index (Phi) is 15.8. The largest absolute Gasteiger partial charge is 0.497 e. The van der Waals surface area contributed by atoms with E-state index in [-0.39, 0.29) is 42.7 Å². The Hall–Kier alpha value is -2.51. The number of hydrogen-bond donors (Lipinski definition) is 5. The van der Waals surface area contributed by atoms with E-state index in [4.69, 9.17) is 43.6 Å². The quantitative estimate of drug-likeness (QED) is 0.190. The predicted octanol–water partition coefficient (Wildman–Crippen LogP) is -0.205. The summed E-state index contributed by atoms with van der Waals surface area (Å²) in [6.45, 7) is 4.40. The molecule has 0 aliphatic heterocycles. The SMILES string of the molecule is C.CCOC(C)OCc1cc(OC)c(B(O)O)c(OC)c1.COc1cc(CO)cc(OC)c1B(O)O. The van der Waals surface area contributed by atoms with Crippen LogP contribution in [-0.4, -0.2) is 80.8 Å². The molecule has 0 radical (unpaired) electrons. The van der Waals surface area contributed by atoms with Crippen LogP contribution in [0.2, 0.25) is 0 Å². The minimum absolute atomic E-state index is 0. The van der Waals surface area contributed by atoms with E-state index in [9.17, 15) is 10.0 Å². The highest BCUT2D eigenvalue weighted by molar-refractivity contribution is 6.61. The lowest BCUT2D eigenvalue weighted by molar-refractivity contribution is -0.134. The molecule has 1 unspecified atom stereocenters. The van der Waals surface area contributed by atoms with E-state index in [2.05, 4.69) is 0 Å². The first-order valence-electron chi connectivity index (χ1n) is 10.7. The third-order valence-corrected chi connectivity index (χ3v) is 4.79. The van der Waals surface area contributed by atoms with Crippen molar-refractivity contribution in [1.82, 2.24) is 0 Å². The van der Waals surface area contributed by atoms with Gasteiger partial charge in [-0.2, -0.15) is 0 Å². The van der Waals surface area contributed by atoms with E-state index in [1.54, 1.807) is 12.1 Å². The van der Waals surface area contributed by atoms with Crippen molar-refractivity contribution in [2.75, 3.05) is 35.0 Å². The lowest BCUT2D eigenvalue weighted by atomic mass is 9.78. The zero-order chi connectivity index (χ0) is 26.5. The maximum Gasteiger partial charge on any atom is 0.496 e. The lowest BCUT2D eigenvalue weighted by Gasteiger charge is -2.17. The molecule has 5 N–H and O–H groups in total. The number of rotatable bonds is 12. The molecule has 0 bridgehead atoms. The van der Waals surface area contributed by atoms with Gasteiger partial charge in [-0.25, -0.2) is 0 Å². The Morgan fingerprint density at radius 3 is 1.33 bits per heavy atom. The van der Waals surface area contributed by atoms with E-state index in [1.165, 1.54) is 40.6 Å². The van der Waals surface area contributed by atoms with Crippen molar-refractivity contribution in [2.24, 2.45) is 0 Å². The summed E-state index contributed by atoms with van der Waals surface area (Å²) in [4.78, 5) is 0. The highest BCUT2D eigenvalue weighted by Gasteiger charge is 2.24. The van der Waals surface area contributed by atoms with Crippen LogP contribution in [0.25, 0.3) is 0 Å². The van der Waals surface area contributed by atoms with Crippen molar-refractivity contribution >= 4 is 25.2 Å². The van der Waals surface area contributed by atoms with Gasteiger partial charge in [0, 0.05) is 6.61 Å². The molecule has 2 aromatic rings. The zero-order valence-corrected chi connectivity index (χ0v) is 20.8. The van der Waals surface area contributed by atoms with Crippen molar-refractivity contribution in [3.63, 3.8) is 0 Å². The molecule has 36 heavy (non-hydrogen) atoms. The van der Waals surface area contributed by atoms with Crippen LogP contribution in [0.3, 0.4) is 0 Å². The molecule has 0 spiro atoms. The second-order valence-electron chi connectivity index (χ2n) is 7.07. The van der Waals surface area contributed by atoms with Gasteiger partial charge in [-0.15, -0.1) is 0 Å². The van der Waals surface area contributed by atoms with Gasteiger partial charge in [0.05, 0.1) is 52.6 Å². The average Bonchev–Trinajstić information content (AvgIpc) is 2.85. The molecule has 0 saturated heterocycles. The molecular formula is C23H38B2O11. The molecule has 0 fully saturated rings. The van der Waals surface area contributed by atoms with Gasteiger partial charge in [0.25, 0.3) is 0 Å². The maximum atomic E-state index is 9.37. The number of hydrogen-bond acceptors (Lipinski definition) is 11. The van der Waals surface area contributed by atoms with Crippen LogP contribution in [-0.2, 0) is 22.7 Å². The number of ether oxygens (including phenoxy) is 6. The second kappa shape index (κ2) is 17.0. The zero-order valence-electron chi connectivity index (χ0n) is 20.8. The lowest BCUT2D eigenvalue weighted by Crippen LogP contribution is -2.32. The number of aliphatic hydroxyl groups excluding tert-OH is 1. The summed E-state index contributed by atoms with van der Waals surface area (Å²) in [6.07, 6.45) is -0.319. The van der Waals surface area contributed by atoms with E-state index in [0.29, 0.717) is 30.3 Å². The van der Waals surface area contributed by atoms with Crippen LogP contribution in [0, 0.1) is 0 Å². The Bertz CT molecular complexity index is 860. The fourth-order valence-electron chi connectivity index (χ4n) is 3.17. The molecule has 1 atom stereocenters. The number of aliphatic hydroxyl groups is 1. The van der Waals surface area contributed by atoms with Crippen LogP contribution in [0.4, 0.5) is 0 Å². The predicted molar refractivity (Wildman–Crippen MR) is 137 cm³/mol. The molecule has 2 rings (SSSR count). The monoisotopic (exact) mass is 512 g/mol. The molecule has 2 aromatic carbocycles. The topological polar surface area (TPSA) is 157 Å². The van der Waals surface area contributed by atoms with Crippen LogP contribution >= 0.6 is 0 Å². The molecule has 0 aliphatic rings. The van der Waals surface area contributed by atoms with Gasteiger partial charge in [0.15, 0.2) is 6.29 Å². The molecule has 11 nitrogen and oxygen atoms in total. The summed E-state index contributed by atoms with van der Waals surface area (Å²) in [7, 11) is 2.37. The van der Waals surface area contributed by atoms with Crippen molar-refractivity contribution in [2.45, 2.75) is 40.8 Å². The molecule has 0 aliphatic carbocycles. The fourth-order valence-corrected chi connectivity index (χ4v) is 3.17. The summed E-state index contributed by atoms with van der Waals surface area (Å²) >= 11 is 0. The van der Waals surface area contributed by atoms with E-state index >= 15 is 0 Å². The third kappa shape index (κ3) is 9.51. The van der Waals surface area contributed by atoms with Gasteiger partial charge in [0.2, 0.25) is 0 Å². The van der Waals surface area contributed by atoms with E-state index in [1.807, 2.05) is 13.8 Å². The van der Waals surface area contributed by atoms with Crippen LogP contribution in [0.5, 0.6) is 23.0 Å². The van der Waals surface area contributed by atoms with Crippen molar-refractivity contribution in [3.8, 4) is 23.0 Å². The van der Waals surface area contributed by atoms with Gasteiger partial charge in [0.1, 0.15) is 23.0 Å². The molecule has 0 saturated carbocycles. The summed E-state index contributed by atoms with van der Waals surface area (Å²) < 4.78 is 31.1. The normalized spacial score (nSPS) is 10.9. The highest BCUT2D eigenvalue weighted by Crippen LogP contribution is 2.22. The minimum atomic E-state index is -1.68. The highest BCUT2D eigenvalue weighted by atomic mass is 16.7. The van der Waals surface area contributed by atoms with Crippen LogP contribution in [0.1, 0.15) is 32.4 Å². The van der Waals surface area contributed by atoms with Crippen molar-refractivity contribution in [3.05, 3.63) is 35.4 Å². The van der Waals surface area contributed by atoms with Crippen LogP contribution in [0.15, 0.2) is 24.3 Å².